The molecule has 0 spiro atoms. The molecule has 5 atom stereocenters. The van der Waals surface area contributed by atoms with Gasteiger partial charge in [-0.2, -0.15) is 0 Å². The molecule has 0 aliphatic carbocycles. The van der Waals surface area contributed by atoms with Crippen LogP contribution in [0.3, 0.4) is 0 Å². The molecule has 4 heteroatoms. The second-order valence-corrected chi connectivity index (χ2v) is 7.05. The van der Waals surface area contributed by atoms with E-state index in [2.05, 4.69) is 20.4 Å². The molecule has 1 N–H and O–H groups in total. The summed E-state index contributed by atoms with van der Waals surface area (Å²) in [7, 11) is 1.72. The van der Waals surface area contributed by atoms with Gasteiger partial charge in [-0.15, -0.1) is 0 Å². The number of methoxy groups -OCH3 is 1. The van der Waals surface area contributed by atoms with Gasteiger partial charge < -0.3 is 19.4 Å². The fraction of sp³-hybridized carbons (Fsp3) is 0.842. The Morgan fingerprint density at radius 1 is 1.39 bits per heavy atom. The van der Waals surface area contributed by atoms with Crippen molar-refractivity contribution >= 4 is 6.29 Å². The second kappa shape index (κ2) is 11.0. The summed E-state index contributed by atoms with van der Waals surface area (Å²) in [6, 6.07) is 0. The number of carbonyl (C=O) groups is 1. The zero-order valence-electron chi connectivity index (χ0n) is 15.0. The van der Waals surface area contributed by atoms with Gasteiger partial charge in [0.1, 0.15) is 6.29 Å². The number of aliphatic hydroxyl groups is 1. The van der Waals surface area contributed by atoms with Crippen LogP contribution in [-0.4, -0.2) is 42.9 Å². The van der Waals surface area contributed by atoms with Gasteiger partial charge in [-0.1, -0.05) is 32.4 Å². The number of ether oxygens (including phenoxy) is 2. The number of rotatable bonds is 11. The monoisotopic (exact) mass is 326 g/mol. The zero-order chi connectivity index (χ0) is 17.2. The van der Waals surface area contributed by atoms with E-state index in [1.165, 1.54) is 5.57 Å². The van der Waals surface area contributed by atoms with Gasteiger partial charge in [-0.05, 0) is 44.4 Å². The van der Waals surface area contributed by atoms with Gasteiger partial charge in [0.05, 0.1) is 24.4 Å². The summed E-state index contributed by atoms with van der Waals surface area (Å²) >= 11 is 0. The maximum Gasteiger partial charge on any atom is 0.122 e. The predicted molar refractivity (Wildman–Crippen MR) is 92.4 cm³/mol. The van der Waals surface area contributed by atoms with Crippen molar-refractivity contribution in [3.8, 4) is 0 Å². The highest BCUT2D eigenvalue weighted by molar-refractivity contribution is 5.50. The van der Waals surface area contributed by atoms with Crippen molar-refractivity contribution < 1.29 is 19.4 Å². The number of hydrogen-bond acceptors (Lipinski definition) is 4. The van der Waals surface area contributed by atoms with Crippen LogP contribution in [0.5, 0.6) is 0 Å². The van der Waals surface area contributed by atoms with E-state index in [4.69, 9.17) is 9.47 Å². The molecule has 0 aromatic carbocycles. The Morgan fingerprint density at radius 3 is 2.70 bits per heavy atom. The van der Waals surface area contributed by atoms with Crippen molar-refractivity contribution in [3.05, 3.63) is 12.2 Å². The molecule has 0 unspecified atom stereocenters. The summed E-state index contributed by atoms with van der Waals surface area (Å²) in [5.41, 5.74) is 1.18. The SMILES string of the molecule is C=C1C[C@H](CC=O)O[C@H](C[C@@H](C)C[C@@H](C[C@@H](O)CCC)OC)C1. The van der Waals surface area contributed by atoms with Crippen LogP contribution < -0.4 is 0 Å². The van der Waals surface area contributed by atoms with Crippen molar-refractivity contribution in [1.29, 1.82) is 0 Å². The normalized spacial score (nSPS) is 25.8. The quantitative estimate of drug-likeness (QED) is 0.465. The molecule has 0 aromatic heterocycles. The number of hydrogen-bond donors (Lipinski definition) is 1. The Bertz CT molecular complexity index is 355. The molecule has 1 aliphatic rings. The number of aliphatic hydroxyl groups excluding tert-OH is 1. The topological polar surface area (TPSA) is 55.8 Å². The highest BCUT2D eigenvalue weighted by Gasteiger charge is 2.27. The lowest BCUT2D eigenvalue weighted by Gasteiger charge is -2.33. The van der Waals surface area contributed by atoms with Crippen molar-refractivity contribution in [2.45, 2.75) is 89.6 Å². The molecule has 1 fully saturated rings. The predicted octanol–water partition coefficient (Wildman–Crippen LogP) is 3.66. The average Bonchev–Trinajstić information content (AvgIpc) is 2.46. The first-order valence-electron chi connectivity index (χ1n) is 8.95. The van der Waals surface area contributed by atoms with Gasteiger partial charge in [0.15, 0.2) is 0 Å². The molecule has 0 saturated carbocycles. The van der Waals surface area contributed by atoms with Crippen LogP contribution in [0.1, 0.15) is 65.2 Å². The van der Waals surface area contributed by atoms with Gasteiger partial charge in [0.25, 0.3) is 0 Å². The highest BCUT2D eigenvalue weighted by atomic mass is 16.5. The summed E-state index contributed by atoms with van der Waals surface area (Å²) in [6.45, 7) is 8.37. The maximum atomic E-state index is 10.7. The summed E-state index contributed by atoms with van der Waals surface area (Å²) in [5, 5.41) is 9.96. The van der Waals surface area contributed by atoms with E-state index in [1.54, 1.807) is 7.11 Å². The van der Waals surface area contributed by atoms with Crippen molar-refractivity contribution in [3.63, 3.8) is 0 Å². The lowest BCUT2D eigenvalue weighted by Crippen LogP contribution is -2.31. The molecule has 0 radical (unpaired) electrons. The minimum Gasteiger partial charge on any atom is -0.393 e. The largest absolute Gasteiger partial charge is 0.393 e. The summed E-state index contributed by atoms with van der Waals surface area (Å²) in [5.74, 6) is 0.446. The molecule has 0 amide bonds. The van der Waals surface area contributed by atoms with Crippen LogP contribution in [-0.2, 0) is 14.3 Å². The standard InChI is InChI=1S/C19H34O4/c1-5-6-16(21)13-18(22-4)10-15(3)12-19-11-14(2)9-17(23-19)7-8-20/h8,15-19,21H,2,5-7,9-13H2,1,3-4H3/t15-,16-,17-,18-,19-/m0/s1. The first-order valence-corrected chi connectivity index (χ1v) is 8.95. The van der Waals surface area contributed by atoms with Crippen LogP contribution in [0.4, 0.5) is 0 Å². The molecule has 1 heterocycles. The molecule has 4 nitrogen and oxygen atoms in total. The summed E-state index contributed by atoms with van der Waals surface area (Å²) in [6.07, 6.45) is 7.39. The smallest absolute Gasteiger partial charge is 0.122 e. The molecular weight excluding hydrogens is 292 g/mol. The molecular formula is C19H34O4. The molecule has 0 bridgehead atoms. The highest BCUT2D eigenvalue weighted by Crippen LogP contribution is 2.30. The molecule has 1 rings (SSSR count). The van der Waals surface area contributed by atoms with Crippen LogP contribution in [0.15, 0.2) is 12.2 Å². The second-order valence-electron chi connectivity index (χ2n) is 7.05. The third-order valence-electron chi connectivity index (χ3n) is 4.60. The van der Waals surface area contributed by atoms with E-state index in [0.717, 1.165) is 44.8 Å². The molecule has 134 valence electrons. The van der Waals surface area contributed by atoms with Crippen molar-refractivity contribution in [2.75, 3.05) is 7.11 Å². The van der Waals surface area contributed by atoms with Gasteiger partial charge in [-0.3, -0.25) is 0 Å². The zero-order valence-corrected chi connectivity index (χ0v) is 15.0. The third kappa shape index (κ3) is 8.09. The minimum atomic E-state index is -0.278. The van der Waals surface area contributed by atoms with E-state index in [0.29, 0.717) is 18.8 Å². The molecule has 23 heavy (non-hydrogen) atoms. The fourth-order valence-electron chi connectivity index (χ4n) is 3.52. The first kappa shape index (κ1) is 20.3. The van der Waals surface area contributed by atoms with E-state index in [-0.39, 0.29) is 24.4 Å². The fourth-order valence-corrected chi connectivity index (χ4v) is 3.52. The third-order valence-corrected chi connectivity index (χ3v) is 4.60. The maximum absolute atomic E-state index is 10.7. The Labute approximate surface area is 141 Å². The van der Waals surface area contributed by atoms with E-state index >= 15 is 0 Å². The Morgan fingerprint density at radius 2 is 2.09 bits per heavy atom. The van der Waals surface area contributed by atoms with E-state index in [1.807, 2.05) is 0 Å². The van der Waals surface area contributed by atoms with Gasteiger partial charge in [0, 0.05) is 13.5 Å². The first-order chi connectivity index (χ1) is 11.0. The number of carbonyl (C=O) groups excluding carboxylic acids is 1. The van der Waals surface area contributed by atoms with Gasteiger partial charge >= 0.3 is 0 Å². The van der Waals surface area contributed by atoms with Crippen LogP contribution in [0, 0.1) is 5.92 Å². The lowest BCUT2D eigenvalue weighted by molar-refractivity contribution is -0.113. The summed E-state index contributed by atoms with van der Waals surface area (Å²) in [4.78, 5) is 10.7. The summed E-state index contributed by atoms with van der Waals surface area (Å²) < 4.78 is 11.6. The molecule has 0 aromatic rings. The molecule has 1 saturated heterocycles. The minimum absolute atomic E-state index is 0.00412. The molecule has 1 aliphatic heterocycles. The Balaban J connectivity index is 2.42. The Kier molecular flexibility index (Phi) is 9.68. The van der Waals surface area contributed by atoms with E-state index < -0.39 is 0 Å². The number of aldehydes is 1. The van der Waals surface area contributed by atoms with Crippen LogP contribution in [0.2, 0.25) is 0 Å². The van der Waals surface area contributed by atoms with Gasteiger partial charge in [-0.25, -0.2) is 0 Å². The lowest BCUT2D eigenvalue weighted by atomic mass is 9.89. The van der Waals surface area contributed by atoms with Crippen LogP contribution in [0.25, 0.3) is 0 Å². The average molecular weight is 326 g/mol. The van der Waals surface area contributed by atoms with Crippen molar-refractivity contribution in [2.24, 2.45) is 5.92 Å². The van der Waals surface area contributed by atoms with Crippen molar-refractivity contribution in [1.82, 2.24) is 0 Å². The van der Waals surface area contributed by atoms with Gasteiger partial charge in [0.2, 0.25) is 0 Å². The van der Waals surface area contributed by atoms with E-state index in [9.17, 15) is 9.90 Å². The van der Waals surface area contributed by atoms with Crippen LogP contribution >= 0.6 is 0 Å². The Hall–Kier alpha value is -0.710.